The van der Waals surface area contributed by atoms with Crippen LogP contribution < -0.4 is 23.7 Å². The monoisotopic (exact) mass is 646 g/mol. The maximum atomic E-state index is 13.4. The van der Waals surface area contributed by atoms with Crippen LogP contribution in [0.4, 0.5) is 0 Å². The van der Waals surface area contributed by atoms with Crippen LogP contribution in [0.1, 0.15) is 62.9 Å². The third-order valence-electron chi connectivity index (χ3n) is 6.48. The molecule has 0 bridgehead atoms. The normalized spacial score (nSPS) is 17.0. The molecule has 15 heteroatoms. The molecule has 1 saturated heterocycles. The van der Waals surface area contributed by atoms with Gasteiger partial charge in [-0.25, -0.2) is 13.0 Å². The van der Waals surface area contributed by atoms with Gasteiger partial charge < -0.3 is 38.2 Å². The van der Waals surface area contributed by atoms with Gasteiger partial charge in [-0.15, -0.1) is 0 Å². The van der Waals surface area contributed by atoms with Crippen LogP contribution in [0.5, 0.6) is 28.7 Å². The van der Waals surface area contributed by atoms with Gasteiger partial charge in [-0.2, -0.15) is 0 Å². The van der Waals surface area contributed by atoms with Gasteiger partial charge in [0.15, 0.2) is 32.8 Å². The summed E-state index contributed by atoms with van der Waals surface area (Å²) in [5.74, 6) is 0.178. The van der Waals surface area contributed by atoms with E-state index in [9.17, 15) is 17.8 Å². The lowest BCUT2D eigenvalue weighted by atomic mass is 10.0. The predicted octanol–water partition coefficient (Wildman–Crippen LogP) is 4.33. The Kier molecular flexibility index (Phi) is 12.3. The predicted molar refractivity (Wildman–Crippen MR) is 155 cm³/mol. The zero-order valence-electron chi connectivity index (χ0n) is 24.9. The fourth-order valence-corrected chi connectivity index (χ4v) is 6.47. The largest absolute Gasteiger partial charge is 0.493 e. The average Bonchev–Trinajstić information content (AvgIpc) is 3.44. The van der Waals surface area contributed by atoms with Crippen LogP contribution in [0.2, 0.25) is 0 Å². The highest BCUT2D eigenvalue weighted by atomic mass is 32.2. The molecular formula is C28H39O13PS. The summed E-state index contributed by atoms with van der Waals surface area (Å²) < 4.78 is 76.7. The van der Waals surface area contributed by atoms with E-state index in [1.807, 2.05) is 6.92 Å². The van der Waals surface area contributed by atoms with E-state index in [1.165, 1.54) is 34.3 Å². The molecule has 2 N–H and O–H groups in total. The molecule has 0 aromatic heterocycles. The molecule has 13 nitrogen and oxygen atoms in total. The highest BCUT2D eigenvalue weighted by molar-refractivity contribution is 7.92. The summed E-state index contributed by atoms with van der Waals surface area (Å²) in [7, 11) is -4.22. The number of ether oxygens (including phenoxy) is 6. The van der Waals surface area contributed by atoms with Gasteiger partial charge in [0.2, 0.25) is 5.75 Å². The number of hydrogen-bond acceptors (Lipinski definition) is 11. The lowest BCUT2D eigenvalue weighted by Crippen LogP contribution is -2.16. The lowest BCUT2D eigenvalue weighted by Gasteiger charge is -2.21. The SMILES string of the molecule is CCCOc1c(OCCCOP(=O)(O)O)cc([C@H]2CC[C@H](c3cc(OC)c(OC)c(OC)c3)O2)cc1S(=O)(=O)CC(C)=O. The van der Waals surface area contributed by atoms with Crippen LogP contribution in [0.3, 0.4) is 0 Å². The summed E-state index contributed by atoms with van der Waals surface area (Å²) >= 11 is 0. The summed E-state index contributed by atoms with van der Waals surface area (Å²) in [5, 5.41) is 0. The minimum Gasteiger partial charge on any atom is -0.493 e. The smallest absolute Gasteiger partial charge is 0.469 e. The Morgan fingerprint density at radius 3 is 1.98 bits per heavy atom. The molecule has 1 aliphatic heterocycles. The molecule has 0 spiro atoms. The van der Waals surface area contributed by atoms with Crippen molar-refractivity contribution in [3.8, 4) is 28.7 Å². The van der Waals surface area contributed by atoms with E-state index in [2.05, 4.69) is 4.52 Å². The summed E-state index contributed by atoms with van der Waals surface area (Å²) in [6.45, 7) is 2.88. The first-order valence-electron chi connectivity index (χ1n) is 13.6. The third-order valence-corrected chi connectivity index (χ3v) is 8.76. The van der Waals surface area contributed by atoms with Crippen LogP contribution in [-0.2, 0) is 28.5 Å². The van der Waals surface area contributed by atoms with E-state index in [-0.39, 0.29) is 48.7 Å². The fourth-order valence-electron chi connectivity index (χ4n) is 4.65. The van der Waals surface area contributed by atoms with Gasteiger partial charge in [0, 0.05) is 6.42 Å². The van der Waals surface area contributed by atoms with E-state index in [1.54, 1.807) is 18.2 Å². The van der Waals surface area contributed by atoms with E-state index in [4.69, 9.17) is 38.2 Å². The molecule has 1 fully saturated rings. The van der Waals surface area contributed by atoms with Crippen molar-refractivity contribution in [3.05, 3.63) is 35.4 Å². The lowest BCUT2D eigenvalue weighted by molar-refractivity contribution is -0.114. The second-order valence-electron chi connectivity index (χ2n) is 9.83. The number of methoxy groups -OCH3 is 3. The topological polar surface area (TPSA) is 173 Å². The highest BCUT2D eigenvalue weighted by Gasteiger charge is 2.33. The Labute approximate surface area is 251 Å². The summed E-state index contributed by atoms with van der Waals surface area (Å²) in [5.41, 5.74) is 1.29. The number of carbonyl (C=O) groups excluding carboxylic acids is 1. The van der Waals surface area contributed by atoms with Crippen molar-refractivity contribution in [1.82, 2.24) is 0 Å². The second kappa shape index (κ2) is 15.2. The van der Waals surface area contributed by atoms with Crippen molar-refractivity contribution >= 4 is 23.4 Å². The Balaban J connectivity index is 1.99. The summed E-state index contributed by atoms with van der Waals surface area (Å²) in [4.78, 5) is 29.5. The first-order chi connectivity index (χ1) is 20.3. The summed E-state index contributed by atoms with van der Waals surface area (Å²) in [6, 6.07) is 6.68. The zero-order valence-corrected chi connectivity index (χ0v) is 26.6. The van der Waals surface area contributed by atoms with Crippen LogP contribution in [0.15, 0.2) is 29.2 Å². The van der Waals surface area contributed by atoms with Gasteiger partial charge in [0.05, 0.1) is 53.4 Å². The molecule has 0 radical (unpaired) electrons. The molecule has 43 heavy (non-hydrogen) atoms. The molecule has 0 aliphatic carbocycles. The molecule has 0 amide bonds. The standard InChI is InChI=1S/C28H39O13PS/c1-6-10-39-28-25(38-11-7-12-40-42(30,31)32)15-20(16-26(28)43(33,34)17-18(2)29)22-9-8-21(41-22)19-13-23(35-3)27(37-5)24(14-19)36-4/h13-16,21-22H,6-12,17H2,1-5H3,(H2,30,31,32)/t21-,22-/m1/s1. The molecule has 1 heterocycles. The Morgan fingerprint density at radius 1 is 0.884 bits per heavy atom. The first-order valence-corrected chi connectivity index (χ1v) is 16.8. The maximum Gasteiger partial charge on any atom is 0.469 e. The highest BCUT2D eigenvalue weighted by Crippen LogP contribution is 2.48. The number of phosphoric acid groups is 1. The molecule has 2 aromatic carbocycles. The van der Waals surface area contributed by atoms with Crippen molar-refractivity contribution in [2.75, 3.05) is 46.9 Å². The number of rotatable bonds is 17. The zero-order chi connectivity index (χ0) is 31.8. The third kappa shape index (κ3) is 9.31. The first kappa shape index (κ1) is 34.6. The van der Waals surface area contributed by atoms with Crippen LogP contribution >= 0.6 is 7.82 Å². The number of benzene rings is 2. The molecule has 3 rings (SSSR count). The average molecular weight is 647 g/mol. The van der Waals surface area contributed by atoms with Gasteiger partial charge in [0.1, 0.15) is 16.4 Å². The number of ketones is 1. The summed E-state index contributed by atoms with van der Waals surface area (Å²) in [6.07, 6.45) is 0.908. The van der Waals surface area contributed by atoms with Gasteiger partial charge in [-0.1, -0.05) is 6.92 Å². The van der Waals surface area contributed by atoms with Gasteiger partial charge in [-0.3, -0.25) is 9.32 Å². The van der Waals surface area contributed by atoms with Crippen LogP contribution in [0, 0.1) is 0 Å². The van der Waals surface area contributed by atoms with Crippen molar-refractivity contribution in [3.63, 3.8) is 0 Å². The number of sulfone groups is 1. The maximum absolute atomic E-state index is 13.4. The van der Waals surface area contributed by atoms with Crippen molar-refractivity contribution in [2.45, 2.75) is 56.6 Å². The van der Waals surface area contributed by atoms with Crippen molar-refractivity contribution in [1.29, 1.82) is 0 Å². The Hall–Kier alpha value is -2.87. The second-order valence-corrected chi connectivity index (χ2v) is 13.0. The molecular weight excluding hydrogens is 607 g/mol. The minimum atomic E-state index is -4.65. The molecule has 1 aliphatic rings. The number of carbonyl (C=O) groups is 1. The fraction of sp³-hybridized carbons (Fsp3) is 0.536. The number of hydrogen-bond donors (Lipinski definition) is 2. The van der Waals surface area contributed by atoms with Crippen LogP contribution in [0.25, 0.3) is 0 Å². The Bertz CT molecular complexity index is 1390. The Morgan fingerprint density at radius 2 is 1.47 bits per heavy atom. The van der Waals surface area contributed by atoms with E-state index >= 15 is 0 Å². The van der Waals surface area contributed by atoms with Gasteiger partial charge in [-0.05, 0) is 61.6 Å². The number of phosphoric ester groups is 1. The minimum absolute atomic E-state index is 0.0399. The van der Waals surface area contributed by atoms with Gasteiger partial charge >= 0.3 is 7.82 Å². The molecule has 0 saturated carbocycles. The van der Waals surface area contributed by atoms with Gasteiger partial charge in [0.25, 0.3) is 0 Å². The molecule has 2 aromatic rings. The quantitative estimate of drug-likeness (QED) is 0.184. The van der Waals surface area contributed by atoms with E-state index in [0.717, 1.165) is 5.56 Å². The molecule has 0 unspecified atom stereocenters. The van der Waals surface area contributed by atoms with E-state index in [0.29, 0.717) is 42.1 Å². The van der Waals surface area contributed by atoms with Crippen molar-refractivity contribution in [2.24, 2.45) is 0 Å². The van der Waals surface area contributed by atoms with E-state index < -0.39 is 35.3 Å². The van der Waals surface area contributed by atoms with Crippen molar-refractivity contribution < 1.29 is 60.5 Å². The molecule has 2 atom stereocenters. The molecule has 240 valence electrons. The number of Topliss-reactive ketones (excluding diaryl/α,β-unsaturated/α-hetero) is 1. The van der Waals surface area contributed by atoms with Crippen LogP contribution in [-0.4, -0.2) is 70.9 Å².